The predicted octanol–water partition coefficient (Wildman–Crippen LogP) is 3.97. The number of aromatic nitrogens is 2. The molecule has 1 N–H and O–H groups in total. The van der Waals surface area contributed by atoms with E-state index in [0.717, 1.165) is 22.5 Å². The maximum Gasteiger partial charge on any atom is 0.230 e. The van der Waals surface area contributed by atoms with E-state index in [-0.39, 0.29) is 17.7 Å². The van der Waals surface area contributed by atoms with Crippen molar-refractivity contribution >= 4 is 34.5 Å². The lowest BCUT2D eigenvalue weighted by Gasteiger charge is -2.05. The lowest BCUT2D eigenvalue weighted by atomic mass is 10.1. The standard InChI is InChI=1S/C18H16ClN3O/c1-22-16-5-3-2-4-15(16)20-18(22)21-17(23)14-10-13(14)11-6-8-12(19)9-7-11/h2-9,13-14H,10H2,1H3,(H,20,21,23)/t13-,14-/m1/s1. The summed E-state index contributed by atoms with van der Waals surface area (Å²) in [6.07, 6.45) is 0.872. The van der Waals surface area contributed by atoms with Gasteiger partial charge in [0, 0.05) is 18.0 Å². The highest BCUT2D eigenvalue weighted by Gasteiger charge is 2.44. The number of carbonyl (C=O) groups is 1. The number of nitrogens with one attached hydrogen (secondary N) is 1. The molecule has 1 fully saturated rings. The number of hydrogen-bond donors (Lipinski definition) is 1. The molecule has 23 heavy (non-hydrogen) atoms. The highest BCUT2D eigenvalue weighted by molar-refractivity contribution is 6.30. The number of aryl methyl sites for hydroxylation is 1. The summed E-state index contributed by atoms with van der Waals surface area (Å²) in [6, 6.07) is 15.6. The predicted molar refractivity (Wildman–Crippen MR) is 91.6 cm³/mol. The van der Waals surface area contributed by atoms with E-state index in [1.54, 1.807) is 0 Å². The molecule has 2 atom stereocenters. The number of halogens is 1. The van der Waals surface area contributed by atoms with Crippen LogP contribution in [0.15, 0.2) is 48.5 Å². The van der Waals surface area contributed by atoms with Crippen LogP contribution in [0.25, 0.3) is 11.0 Å². The van der Waals surface area contributed by atoms with E-state index in [4.69, 9.17) is 11.6 Å². The first-order chi connectivity index (χ1) is 11.1. The maximum atomic E-state index is 12.5. The lowest BCUT2D eigenvalue weighted by molar-refractivity contribution is -0.117. The molecule has 1 aliphatic carbocycles. The van der Waals surface area contributed by atoms with E-state index in [0.29, 0.717) is 5.95 Å². The molecule has 1 aromatic heterocycles. The van der Waals surface area contributed by atoms with Crippen molar-refractivity contribution in [2.45, 2.75) is 12.3 Å². The number of amides is 1. The molecule has 0 radical (unpaired) electrons. The molecular formula is C18H16ClN3O. The fourth-order valence-electron chi connectivity index (χ4n) is 3.02. The molecular weight excluding hydrogens is 310 g/mol. The average Bonchev–Trinajstić information content (AvgIpc) is 3.30. The Balaban J connectivity index is 1.50. The molecule has 0 saturated heterocycles. The van der Waals surface area contributed by atoms with Crippen LogP contribution in [0.4, 0.5) is 5.95 Å². The number of anilines is 1. The fraction of sp³-hybridized carbons (Fsp3) is 0.222. The summed E-state index contributed by atoms with van der Waals surface area (Å²) in [5.41, 5.74) is 3.06. The highest BCUT2D eigenvalue weighted by atomic mass is 35.5. The van der Waals surface area contributed by atoms with Crippen LogP contribution >= 0.6 is 11.6 Å². The van der Waals surface area contributed by atoms with Crippen molar-refractivity contribution in [3.8, 4) is 0 Å². The molecule has 1 aliphatic rings. The molecule has 0 spiro atoms. The van der Waals surface area contributed by atoms with Gasteiger partial charge in [0.2, 0.25) is 11.9 Å². The molecule has 2 aromatic carbocycles. The Morgan fingerprint density at radius 3 is 2.70 bits per heavy atom. The minimum Gasteiger partial charge on any atom is -0.313 e. The summed E-state index contributed by atoms with van der Waals surface area (Å²) in [7, 11) is 1.91. The molecule has 5 heteroatoms. The van der Waals surface area contributed by atoms with Crippen LogP contribution in [0.5, 0.6) is 0 Å². The number of nitrogens with zero attached hydrogens (tertiary/aromatic N) is 2. The van der Waals surface area contributed by atoms with E-state index in [2.05, 4.69) is 10.3 Å². The van der Waals surface area contributed by atoms with Gasteiger partial charge in [-0.3, -0.25) is 10.1 Å². The third-order valence-corrected chi connectivity index (χ3v) is 4.70. The molecule has 1 amide bonds. The van der Waals surface area contributed by atoms with Crippen molar-refractivity contribution in [2.24, 2.45) is 13.0 Å². The van der Waals surface area contributed by atoms with Crippen molar-refractivity contribution in [3.63, 3.8) is 0 Å². The van der Waals surface area contributed by atoms with Gasteiger partial charge in [0.1, 0.15) is 0 Å². The van der Waals surface area contributed by atoms with Gasteiger partial charge in [0.15, 0.2) is 0 Å². The molecule has 1 heterocycles. The van der Waals surface area contributed by atoms with Crippen molar-refractivity contribution in [2.75, 3.05) is 5.32 Å². The first kappa shape index (κ1) is 14.3. The zero-order valence-electron chi connectivity index (χ0n) is 12.7. The molecule has 116 valence electrons. The summed E-state index contributed by atoms with van der Waals surface area (Å²) >= 11 is 5.91. The smallest absolute Gasteiger partial charge is 0.230 e. The maximum absolute atomic E-state index is 12.5. The fourth-order valence-corrected chi connectivity index (χ4v) is 3.15. The normalized spacial score (nSPS) is 19.7. The van der Waals surface area contributed by atoms with Crippen LogP contribution in [-0.4, -0.2) is 15.5 Å². The molecule has 0 bridgehead atoms. The van der Waals surface area contributed by atoms with Gasteiger partial charge in [-0.2, -0.15) is 0 Å². The number of hydrogen-bond acceptors (Lipinski definition) is 2. The summed E-state index contributed by atoms with van der Waals surface area (Å²) in [5, 5.41) is 3.68. The molecule has 4 rings (SSSR count). The number of rotatable bonds is 3. The average molecular weight is 326 g/mol. The van der Waals surface area contributed by atoms with Gasteiger partial charge >= 0.3 is 0 Å². The number of para-hydroxylation sites is 2. The molecule has 0 unspecified atom stereocenters. The van der Waals surface area contributed by atoms with Gasteiger partial charge in [0.05, 0.1) is 11.0 Å². The Bertz CT molecular complexity index is 885. The second-order valence-electron chi connectivity index (χ2n) is 5.97. The third kappa shape index (κ3) is 2.59. The van der Waals surface area contributed by atoms with Crippen LogP contribution in [-0.2, 0) is 11.8 Å². The van der Waals surface area contributed by atoms with E-state index >= 15 is 0 Å². The second-order valence-corrected chi connectivity index (χ2v) is 6.41. The van der Waals surface area contributed by atoms with Gasteiger partial charge in [0.25, 0.3) is 0 Å². The van der Waals surface area contributed by atoms with Crippen LogP contribution in [0.2, 0.25) is 5.02 Å². The van der Waals surface area contributed by atoms with Gasteiger partial charge in [-0.25, -0.2) is 4.98 Å². The van der Waals surface area contributed by atoms with E-state index < -0.39 is 0 Å². The topological polar surface area (TPSA) is 46.9 Å². The van der Waals surface area contributed by atoms with Crippen molar-refractivity contribution in [1.82, 2.24) is 9.55 Å². The van der Waals surface area contributed by atoms with Crippen LogP contribution in [0, 0.1) is 5.92 Å². The zero-order chi connectivity index (χ0) is 16.0. The minimum absolute atomic E-state index is 0.0102. The van der Waals surface area contributed by atoms with Gasteiger partial charge < -0.3 is 4.57 Å². The van der Waals surface area contributed by atoms with Gasteiger partial charge in [-0.1, -0.05) is 35.9 Å². The van der Waals surface area contributed by atoms with E-state index in [1.807, 2.05) is 60.1 Å². The quantitative estimate of drug-likeness (QED) is 0.792. The number of benzene rings is 2. The SMILES string of the molecule is Cn1c(NC(=O)[C@@H]2C[C@@H]2c2ccc(Cl)cc2)nc2ccccc21. The Labute approximate surface area is 139 Å². The first-order valence-corrected chi connectivity index (χ1v) is 7.99. The lowest BCUT2D eigenvalue weighted by Crippen LogP contribution is -2.17. The van der Waals surface area contributed by atoms with Gasteiger partial charge in [-0.15, -0.1) is 0 Å². The largest absolute Gasteiger partial charge is 0.313 e. The van der Waals surface area contributed by atoms with E-state index in [1.165, 1.54) is 5.56 Å². The molecule has 1 saturated carbocycles. The van der Waals surface area contributed by atoms with Crippen LogP contribution < -0.4 is 5.32 Å². The summed E-state index contributed by atoms with van der Waals surface area (Å²) < 4.78 is 1.91. The minimum atomic E-state index is 0.0102. The molecule has 3 aromatic rings. The summed E-state index contributed by atoms with van der Waals surface area (Å²) in [5.74, 6) is 0.916. The Kier molecular flexibility index (Phi) is 3.34. The number of carbonyl (C=O) groups excluding carboxylic acids is 1. The number of fused-ring (bicyclic) bond motifs is 1. The van der Waals surface area contributed by atoms with E-state index in [9.17, 15) is 4.79 Å². The van der Waals surface area contributed by atoms with Crippen LogP contribution in [0.1, 0.15) is 17.9 Å². The molecule has 0 aliphatic heterocycles. The van der Waals surface area contributed by atoms with Crippen molar-refractivity contribution in [1.29, 1.82) is 0 Å². The van der Waals surface area contributed by atoms with Gasteiger partial charge in [-0.05, 0) is 42.2 Å². The first-order valence-electron chi connectivity index (χ1n) is 7.61. The third-order valence-electron chi connectivity index (χ3n) is 4.45. The Morgan fingerprint density at radius 2 is 1.96 bits per heavy atom. The van der Waals surface area contributed by atoms with Crippen molar-refractivity contribution < 1.29 is 4.79 Å². The number of imidazole rings is 1. The second kappa shape index (κ2) is 5.39. The Hall–Kier alpha value is -2.33. The monoisotopic (exact) mass is 325 g/mol. The summed E-state index contributed by atoms with van der Waals surface area (Å²) in [6.45, 7) is 0. The highest BCUT2D eigenvalue weighted by Crippen LogP contribution is 2.48. The summed E-state index contributed by atoms with van der Waals surface area (Å²) in [4.78, 5) is 16.9. The molecule has 4 nitrogen and oxygen atoms in total. The zero-order valence-corrected chi connectivity index (χ0v) is 13.4. The van der Waals surface area contributed by atoms with Crippen LogP contribution in [0.3, 0.4) is 0 Å². The Morgan fingerprint density at radius 1 is 1.22 bits per heavy atom. The van der Waals surface area contributed by atoms with Crippen molar-refractivity contribution in [3.05, 3.63) is 59.1 Å².